The minimum Gasteiger partial charge on any atom is -0.369 e. The molecule has 0 atom stereocenters. The standard InChI is InChI=1S/C21H18F3N9/c22-21(23,24)15-3-1-14(2-4-15)18-16(19-27-7-8-28-19)11-30-20(32-18)29-9-6-26-17-5-10-33(12-25)13-31-17/h1-5,7-8,10-11H,6,9,13H2,(H,26,31)(H,27,28)(H,29,30,32). The lowest BCUT2D eigenvalue weighted by Crippen LogP contribution is -2.31. The van der Waals surface area contributed by atoms with E-state index in [4.69, 9.17) is 5.26 Å². The molecule has 0 fully saturated rings. The molecule has 168 valence electrons. The number of hydrogen-bond acceptors (Lipinski definition) is 8. The Morgan fingerprint density at radius 1 is 1.12 bits per heavy atom. The minimum absolute atomic E-state index is 0.261. The molecule has 3 N–H and O–H groups in total. The molecule has 3 aromatic rings. The SMILES string of the molecule is N#CN1C=CC(NCCNc2ncc(-c3ncc[nH]3)c(-c3ccc(C(F)(F)F)cc3)n2)=NC1. The van der Waals surface area contributed by atoms with Crippen LogP contribution in [0.25, 0.3) is 22.6 Å². The van der Waals surface area contributed by atoms with Crippen molar-refractivity contribution >= 4 is 11.8 Å². The van der Waals surface area contributed by atoms with Crippen LogP contribution in [0.3, 0.4) is 0 Å². The van der Waals surface area contributed by atoms with Crippen LogP contribution >= 0.6 is 0 Å². The molecular formula is C21H18F3N9. The van der Waals surface area contributed by atoms with E-state index in [2.05, 4.69) is 35.6 Å². The molecular weight excluding hydrogens is 435 g/mol. The van der Waals surface area contributed by atoms with E-state index in [0.29, 0.717) is 47.5 Å². The molecule has 0 bridgehead atoms. The quantitative estimate of drug-likeness (QED) is 0.387. The zero-order valence-corrected chi connectivity index (χ0v) is 17.1. The Morgan fingerprint density at radius 2 is 1.91 bits per heavy atom. The summed E-state index contributed by atoms with van der Waals surface area (Å²) in [6, 6.07) is 4.79. The van der Waals surface area contributed by atoms with E-state index in [9.17, 15) is 13.2 Å². The van der Waals surface area contributed by atoms with E-state index < -0.39 is 11.7 Å². The number of aromatic nitrogens is 4. The fourth-order valence-electron chi connectivity index (χ4n) is 3.05. The van der Waals surface area contributed by atoms with Crippen LogP contribution in [0.1, 0.15) is 5.56 Å². The first-order valence-electron chi connectivity index (χ1n) is 9.85. The van der Waals surface area contributed by atoms with Crippen LogP contribution in [0, 0.1) is 11.5 Å². The average molecular weight is 453 g/mol. The molecule has 2 aromatic heterocycles. The summed E-state index contributed by atoms with van der Waals surface area (Å²) in [5.74, 6) is 1.48. The van der Waals surface area contributed by atoms with Gasteiger partial charge in [0.1, 0.15) is 18.3 Å². The Kier molecular flexibility index (Phi) is 6.21. The molecule has 0 unspecified atom stereocenters. The maximum absolute atomic E-state index is 12.9. The number of alkyl halides is 3. The van der Waals surface area contributed by atoms with Crippen molar-refractivity contribution in [2.24, 2.45) is 4.99 Å². The van der Waals surface area contributed by atoms with Crippen molar-refractivity contribution in [2.45, 2.75) is 6.18 Å². The van der Waals surface area contributed by atoms with E-state index in [1.54, 1.807) is 30.9 Å². The molecule has 9 nitrogen and oxygen atoms in total. The van der Waals surface area contributed by atoms with Crippen LogP contribution in [-0.2, 0) is 6.18 Å². The number of nitrogens with one attached hydrogen (secondary N) is 3. The smallest absolute Gasteiger partial charge is 0.369 e. The van der Waals surface area contributed by atoms with Gasteiger partial charge >= 0.3 is 6.18 Å². The summed E-state index contributed by atoms with van der Waals surface area (Å²) < 4.78 is 38.8. The van der Waals surface area contributed by atoms with E-state index in [0.717, 1.165) is 12.1 Å². The number of rotatable bonds is 6. The fraction of sp³-hybridized carbons (Fsp3) is 0.190. The number of anilines is 1. The van der Waals surface area contributed by atoms with Gasteiger partial charge in [0.15, 0.2) is 6.19 Å². The second-order valence-corrected chi connectivity index (χ2v) is 6.89. The molecule has 12 heteroatoms. The Hall–Kier alpha value is -4.40. The largest absolute Gasteiger partial charge is 0.416 e. The molecule has 3 heterocycles. The normalized spacial score (nSPS) is 13.4. The Labute approximate surface area is 186 Å². The summed E-state index contributed by atoms with van der Waals surface area (Å²) in [4.78, 5) is 21.6. The molecule has 1 aliphatic rings. The van der Waals surface area contributed by atoms with Gasteiger partial charge in [-0.2, -0.15) is 18.4 Å². The van der Waals surface area contributed by atoms with Gasteiger partial charge in [-0.25, -0.2) is 19.9 Å². The van der Waals surface area contributed by atoms with Gasteiger partial charge in [0.25, 0.3) is 0 Å². The highest BCUT2D eigenvalue weighted by molar-refractivity contribution is 5.93. The van der Waals surface area contributed by atoms with Crippen molar-refractivity contribution in [2.75, 3.05) is 25.1 Å². The number of nitriles is 1. The van der Waals surface area contributed by atoms with Gasteiger partial charge in [-0.1, -0.05) is 12.1 Å². The van der Waals surface area contributed by atoms with E-state index >= 15 is 0 Å². The van der Waals surface area contributed by atoms with Crippen molar-refractivity contribution in [3.05, 3.63) is 60.7 Å². The maximum Gasteiger partial charge on any atom is 0.416 e. The van der Waals surface area contributed by atoms with Crippen LogP contribution in [-0.4, -0.2) is 50.4 Å². The zero-order chi connectivity index (χ0) is 23.3. The van der Waals surface area contributed by atoms with E-state index in [1.807, 2.05) is 6.19 Å². The van der Waals surface area contributed by atoms with Gasteiger partial charge in [0, 0.05) is 43.4 Å². The fourth-order valence-corrected chi connectivity index (χ4v) is 3.05. The Morgan fingerprint density at radius 3 is 2.55 bits per heavy atom. The minimum atomic E-state index is -4.42. The van der Waals surface area contributed by atoms with Crippen molar-refractivity contribution in [1.29, 1.82) is 5.26 Å². The highest BCUT2D eigenvalue weighted by atomic mass is 19.4. The number of aromatic amines is 1. The molecule has 0 saturated carbocycles. The monoisotopic (exact) mass is 453 g/mol. The second-order valence-electron chi connectivity index (χ2n) is 6.89. The zero-order valence-electron chi connectivity index (χ0n) is 17.1. The molecule has 1 aromatic carbocycles. The topological polar surface area (TPSA) is 118 Å². The molecule has 0 saturated heterocycles. The summed E-state index contributed by atoms with van der Waals surface area (Å²) in [6.45, 7) is 1.23. The Balaban J connectivity index is 1.48. The average Bonchev–Trinajstić information content (AvgIpc) is 3.36. The summed E-state index contributed by atoms with van der Waals surface area (Å²) in [7, 11) is 0. The lowest BCUT2D eigenvalue weighted by molar-refractivity contribution is -0.137. The summed E-state index contributed by atoms with van der Waals surface area (Å²) in [5.41, 5.74) is 0.774. The van der Waals surface area contributed by atoms with Gasteiger partial charge in [0.2, 0.25) is 5.95 Å². The highest BCUT2D eigenvalue weighted by Gasteiger charge is 2.30. The number of nitrogens with zero attached hydrogens (tertiary/aromatic N) is 6. The predicted octanol–water partition coefficient (Wildman–Crippen LogP) is 3.22. The first-order chi connectivity index (χ1) is 15.9. The molecule has 33 heavy (non-hydrogen) atoms. The molecule has 4 rings (SSSR count). The third-order valence-electron chi connectivity index (χ3n) is 4.68. The van der Waals surface area contributed by atoms with Crippen molar-refractivity contribution in [1.82, 2.24) is 30.2 Å². The molecule has 0 amide bonds. The van der Waals surface area contributed by atoms with Crippen LogP contribution in [0.5, 0.6) is 0 Å². The number of hydrogen-bond donors (Lipinski definition) is 3. The molecule has 1 aliphatic heterocycles. The number of aliphatic imine (C=N–C) groups is 1. The first kappa shape index (κ1) is 21.8. The third-order valence-corrected chi connectivity index (χ3v) is 4.68. The number of imidazole rings is 1. The lowest BCUT2D eigenvalue weighted by Gasteiger charge is -2.15. The van der Waals surface area contributed by atoms with Crippen LogP contribution < -0.4 is 10.6 Å². The molecule has 0 aliphatic carbocycles. The second kappa shape index (κ2) is 9.39. The van der Waals surface area contributed by atoms with E-state index in [-0.39, 0.29) is 6.67 Å². The van der Waals surface area contributed by atoms with Crippen LogP contribution in [0.15, 0.2) is 60.1 Å². The first-order valence-corrected chi connectivity index (χ1v) is 9.85. The van der Waals surface area contributed by atoms with Gasteiger partial charge in [-0.3, -0.25) is 4.90 Å². The van der Waals surface area contributed by atoms with Crippen molar-refractivity contribution < 1.29 is 13.2 Å². The van der Waals surface area contributed by atoms with Crippen molar-refractivity contribution in [3.8, 4) is 28.8 Å². The Bertz CT molecular complexity index is 1190. The van der Waals surface area contributed by atoms with Gasteiger partial charge in [0.05, 0.1) is 16.8 Å². The van der Waals surface area contributed by atoms with Gasteiger partial charge in [-0.05, 0) is 18.2 Å². The van der Waals surface area contributed by atoms with E-state index in [1.165, 1.54) is 17.0 Å². The summed E-state index contributed by atoms with van der Waals surface area (Å²) in [6.07, 6.45) is 5.67. The summed E-state index contributed by atoms with van der Waals surface area (Å²) >= 11 is 0. The number of benzene rings is 1. The highest BCUT2D eigenvalue weighted by Crippen LogP contribution is 2.33. The molecule has 0 radical (unpaired) electrons. The third kappa shape index (κ3) is 5.27. The number of amidine groups is 1. The molecule has 0 spiro atoms. The lowest BCUT2D eigenvalue weighted by atomic mass is 10.0. The maximum atomic E-state index is 12.9. The number of halogens is 3. The summed E-state index contributed by atoms with van der Waals surface area (Å²) in [5, 5.41) is 15.0. The predicted molar refractivity (Wildman–Crippen MR) is 115 cm³/mol. The van der Waals surface area contributed by atoms with Crippen LogP contribution in [0.2, 0.25) is 0 Å². The van der Waals surface area contributed by atoms with Gasteiger partial charge in [-0.15, -0.1) is 0 Å². The van der Waals surface area contributed by atoms with Gasteiger partial charge < -0.3 is 15.6 Å². The number of H-pyrrole nitrogens is 1. The van der Waals surface area contributed by atoms with Crippen molar-refractivity contribution in [3.63, 3.8) is 0 Å². The van der Waals surface area contributed by atoms with Crippen LogP contribution in [0.4, 0.5) is 19.1 Å².